The maximum Gasteiger partial charge on any atom is 0.323 e. The molecule has 2 rings (SSSR count). The second-order valence-electron chi connectivity index (χ2n) is 4.24. The highest BCUT2D eigenvalue weighted by Gasteiger charge is 2.78. The number of anilines is 1. The van der Waals surface area contributed by atoms with E-state index in [4.69, 9.17) is 5.73 Å². The predicted octanol–water partition coefficient (Wildman–Crippen LogP) is 3.71. The first-order chi connectivity index (χ1) is 7.69. The van der Waals surface area contributed by atoms with Crippen molar-refractivity contribution in [2.45, 2.75) is 29.5 Å². The molecule has 0 saturated heterocycles. The first-order valence-electron chi connectivity index (χ1n) is 4.95. The van der Waals surface area contributed by atoms with Gasteiger partial charge in [0.05, 0.1) is 10.7 Å². The zero-order valence-corrected chi connectivity index (χ0v) is 10.4. The molecule has 1 aromatic carbocycles. The first-order valence-corrected chi connectivity index (χ1v) is 5.87. The summed E-state index contributed by atoms with van der Waals surface area (Å²) < 4.78 is 52.7. The lowest BCUT2D eigenvalue weighted by Crippen LogP contribution is -2.66. The molecule has 0 amide bonds. The number of aryl methyl sites for hydroxylation is 1. The van der Waals surface area contributed by atoms with Gasteiger partial charge in [0.25, 0.3) is 0 Å². The largest absolute Gasteiger partial charge is 0.399 e. The van der Waals surface area contributed by atoms with E-state index in [1.165, 1.54) is 18.2 Å². The normalized spacial score (nSPS) is 29.8. The Morgan fingerprint density at radius 2 is 1.76 bits per heavy atom. The summed E-state index contributed by atoms with van der Waals surface area (Å²) >= 11 is 2.64. The van der Waals surface area contributed by atoms with Gasteiger partial charge < -0.3 is 5.73 Å². The van der Waals surface area contributed by atoms with Gasteiger partial charge in [-0.1, -0.05) is 28.1 Å². The van der Waals surface area contributed by atoms with Crippen LogP contribution in [0.1, 0.15) is 17.0 Å². The molecular formula is C11H10BrF4N. The van der Waals surface area contributed by atoms with Crippen LogP contribution in [0.3, 0.4) is 0 Å². The van der Waals surface area contributed by atoms with Crippen LogP contribution in [0.5, 0.6) is 0 Å². The number of rotatable bonds is 1. The Kier molecular flexibility index (Phi) is 2.69. The van der Waals surface area contributed by atoms with Crippen LogP contribution in [0.15, 0.2) is 18.2 Å². The van der Waals surface area contributed by atoms with E-state index in [2.05, 4.69) is 15.9 Å². The Labute approximate surface area is 104 Å². The van der Waals surface area contributed by atoms with Crippen LogP contribution in [-0.2, 0) is 0 Å². The number of hydrogen-bond donors (Lipinski definition) is 1. The van der Waals surface area contributed by atoms with Gasteiger partial charge in [-0.3, -0.25) is 0 Å². The minimum absolute atomic E-state index is 0.175. The Bertz CT molecular complexity index is 461. The lowest BCUT2D eigenvalue weighted by atomic mass is 9.72. The topological polar surface area (TPSA) is 26.0 Å². The van der Waals surface area contributed by atoms with E-state index in [-0.39, 0.29) is 5.56 Å². The van der Waals surface area contributed by atoms with Gasteiger partial charge in [0.15, 0.2) is 0 Å². The molecule has 0 bridgehead atoms. The molecule has 0 heterocycles. The molecule has 94 valence electrons. The van der Waals surface area contributed by atoms with Crippen molar-refractivity contribution in [3.63, 3.8) is 0 Å². The van der Waals surface area contributed by atoms with Gasteiger partial charge in [0.2, 0.25) is 0 Å². The molecule has 0 aliphatic heterocycles. The average Bonchev–Trinajstić information content (AvgIpc) is 2.23. The summed E-state index contributed by atoms with van der Waals surface area (Å²) in [6.07, 6.45) is 0. The van der Waals surface area contributed by atoms with Gasteiger partial charge in [-0.05, 0) is 24.1 Å². The van der Waals surface area contributed by atoms with E-state index in [0.29, 0.717) is 11.3 Å². The summed E-state index contributed by atoms with van der Waals surface area (Å²) in [7, 11) is 0. The number of nitrogen functional groups attached to an aromatic ring is 1. The van der Waals surface area contributed by atoms with E-state index in [1.807, 2.05) is 0 Å². The predicted molar refractivity (Wildman–Crippen MR) is 60.9 cm³/mol. The summed E-state index contributed by atoms with van der Waals surface area (Å²) in [5.74, 6) is -9.55. The minimum Gasteiger partial charge on any atom is -0.399 e. The highest BCUT2D eigenvalue weighted by Crippen LogP contribution is 2.63. The van der Waals surface area contributed by atoms with Crippen LogP contribution in [0.25, 0.3) is 0 Å². The molecule has 0 spiro atoms. The molecule has 6 heteroatoms. The van der Waals surface area contributed by atoms with E-state index in [0.717, 1.165) is 0 Å². The zero-order valence-electron chi connectivity index (χ0n) is 8.85. The van der Waals surface area contributed by atoms with Crippen LogP contribution in [0.4, 0.5) is 23.2 Å². The molecule has 1 aromatic rings. The summed E-state index contributed by atoms with van der Waals surface area (Å²) in [4.78, 5) is -1.55. The van der Waals surface area contributed by atoms with Gasteiger partial charge in [-0.15, -0.1) is 0 Å². The molecule has 1 fully saturated rings. The third-order valence-electron chi connectivity index (χ3n) is 3.13. The van der Waals surface area contributed by atoms with Crippen molar-refractivity contribution in [1.29, 1.82) is 0 Å². The lowest BCUT2D eigenvalue weighted by molar-refractivity contribution is -0.282. The number of nitrogens with two attached hydrogens (primary N) is 1. The van der Waals surface area contributed by atoms with Gasteiger partial charge in [0, 0.05) is 5.69 Å². The molecule has 2 unspecified atom stereocenters. The molecule has 1 aliphatic carbocycles. The first kappa shape index (κ1) is 12.7. The van der Waals surface area contributed by atoms with Crippen molar-refractivity contribution in [2.24, 2.45) is 0 Å². The molecule has 2 N–H and O–H groups in total. The summed E-state index contributed by atoms with van der Waals surface area (Å²) in [6, 6.07) is 4.25. The van der Waals surface area contributed by atoms with E-state index >= 15 is 0 Å². The van der Waals surface area contributed by atoms with Crippen molar-refractivity contribution < 1.29 is 17.6 Å². The standard InChI is InChI=1S/C11H10BrF4N/c1-5-4-6(2-3-7(5)17)8-9(12)11(15,16)10(8,13)14/h2-4,8-9H,17H2,1H3. The number of hydrogen-bond acceptors (Lipinski definition) is 1. The minimum atomic E-state index is -4.02. The van der Waals surface area contributed by atoms with Crippen molar-refractivity contribution in [2.75, 3.05) is 5.73 Å². The zero-order chi connectivity index (χ0) is 13.0. The Morgan fingerprint density at radius 1 is 1.18 bits per heavy atom. The Balaban J connectivity index is 2.39. The van der Waals surface area contributed by atoms with E-state index < -0.39 is 22.6 Å². The van der Waals surface area contributed by atoms with Gasteiger partial charge in [-0.2, -0.15) is 17.6 Å². The lowest BCUT2D eigenvalue weighted by Gasteiger charge is -2.48. The Hall–Kier alpha value is -0.780. The van der Waals surface area contributed by atoms with Crippen LogP contribution >= 0.6 is 15.9 Å². The second-order valence-corrected chi connectivity index (χ2v) is 5.23. The van der Waals surface area contributed by atoms with Crippen LogP contribution in [-0.4, -0.2) is 16.7 Å². The molecule has 1 saturated carbocycles. The van der Waals surface area contributed by atoms with Crippen molar-refractivity contribution >= 4 is 21.6 Å². The van der Waals surface area contributed by atoms with Crippen LogP contribution in [0, 0.1) is 6.92 Å². The molecular weight excluding hydrogens is 302 g/mol. The number of alkyl halides is 5. The fourth-order valence-electron chi connectivity index (χ4n) is 1.96. The molecule has 0 aromatic heterocycles. The van der Waals surface area contributed by atoms with Crippen LogP contribution in [0.2, 0.25) is 0 Å². The molecule has 2 atom stereocenters. The highest BCUT2D eigenvalue weighted by atomic mass is 79.9. The quantitative estimate of drug-likeness (QED) is 0.477. The maximum absolute atomic E-state index is 13.3. The molecule has 1 nitrogen and oxygen atoms in total. The maximum atomic E-state index is 13.3. The van der Waals surface area contributed by atoms with E-state index in [9.17, 15) is 17.6 Å². The summed E-state index contributed by atoms with van der Waals surface area (Å²) in [5, 5.41) is 0. The summed E-state index contributed by atoms with van der Waals surface area (Å²) in [5.41, 5.74) is 6.79. The van der Waals surface area contributed by atoms with Gasteiger partial charge >= 0.3 is 11.8 Å². The number of benzene rings is 1. The average molecular weight is 312 g/mol. The monoisotopic (exact) mass is 311 g/mol. The molecule has 1 aliphatic rings. The van der Waals surface area contributed by atoms with Gasteiger partial charge in [-0.25, -0.2) is 0 Å². The third-order valence-corrected chi connectivity index (χ3v) is 4.23. The second kappa shape index (κ2) is 3.60. The fourth-order valence-corrected chi connectivity index (χ4v) is 2.90. The fraction of sp³-hybridized carbons (Fsp3) is 0.455. The van der Waals surface area contributed by atoms with Crippen molar-refractivity contribution in [3.8, 4) is 0 Å². The molecule has 0 radical (unpaired) electrons. The van der Waals surface area contributed by atoms with Crippen LogP contribution < -0.4 is 5.73 Å². The molecule has 17 heavy (non-hydrogen) atoms. The summed E-state index contributed by atoms with van der Waals surface area (Å²) in [6.45, 7) is 1.65. The Morgan fingerprint density at radius 3 is 2.24 bits per heavy atom. The van der Waals surface area contributed by atoms with Crippen molar-refractivity contribution in [3.05, 3.63) is 29.3 Å². The highest BCUT2D eigenvalue weighted by molar-refractivity contribution is 9.09. The third kappa shape index (κ3) is 1.57. The van der Waals surface area contributed by atoms with Crippen molar-refractivity contribution in [1.82, 2.24) is 0 Å². The smallest absolute Gasteiger partial charge is 0.323 e. The number of halogens is 5. The SMILES string of the molecule is Cc1cc(C2C(Br)C(F)(F)C2(F)F)ccc1N. The van der Waals surface area contributed by atoms with Gasteiger partial charge in [0.1, 0.15) is 0 Å². The van der Waals surface area contributed by atoms with E-state index in [1.54, 1.807) is 6.92 Å².